The highest BCUT2D eigenvalue weighted by Gasteiger charge is 2.39. The van der Waals surface area contributed by atoms with Gasteiger partial charge in [-0.3, -0.25) is 0 Å². The van der Waals surface area contributed by atoms with Gasteiger partial charge in [-0.1, -0.05) is 0 Å². The second-order valence-electron chi connectivity index (χ2n) is 4.59. The lowest BCUT2D eigenvalue weighted by Crippen LogP contribution is -2.33. The van der Waals surface area contributed by atoms with E-state index in [2.05, 4.69) is 9.97 Å². The van der Waals surface area contributed by atoms with Crippen LogP contribution in [-0.4, -0.2) is 42.4 Å². The fraction of sp³-hybridized carbons (Fsp3) is 0.500. The average Bonchev–Trinajstić information content (AvgIpc) is 2.95. The summed E-state index contributed by atoms with van der Waals surface area (Å²) >= 11 is 1.59. The van der Waals surface area contributed by atoms with Gasteiger partial charge in [0.05, 0.1) is 23.4 Å². The molecule has 1 aliphatic heterocycles. The van der Waals surface area contributed by atoms with E-state index in [-0.39, 0.29) is 6.61 Å². The maximum atomic E-state index is 14.4. The minimum atomic E-state index is -1.26. The Kier molecular flexibility index (Phi) is 2.91. The summed E-state index contributed by atoms with van der Waals surface area (Å²) < 4.78 is 20.3. The molecule has 3 rings (SSSR count). The van der Waals surface area contributed by atoms with Gasteiger partial charge in [0.1, 0.15) is 12.1 Å². The molecule has 4 nitrogen and oxygen atoms in total. The van der Waals surface area contributed by atoms with Gasteiger partial charge in [0.25, 0.3) is 0 Å². The fourth-order valence-corrected chi connectivity index (χ4v) is 3.26. The number of alkyl halides is 1. The summed E-state index contributed by atoms with van der Waals surface area (Å²) in [5.41, 5.74) is -0.336. The van der Waals surface area contributed by atoms with E-state index in [1.807, 2.05) is 16.3 Å². The third-order valence-corrected chi connectivity index (χ3v) is 4.13. The Morgan fingerprint density at radius 1 is 1.56 bits per heavy atom. The molecule has 18 heavy (non-hydrogen) atoms. The van der Waals surface area contributed by atoms with E-state index >= 15 is 0 Å². The summed E-state index contributed by atoms with van der Waals surface area (Å²) in [6.45, 7) is 1.15. The Bertz CT molecular complexity index is 561. The minimum absolute atomic E-state index is 0.141. The van der Waals surface area contributed by atoms with Crippen molar-refractivity contribution in [3.05, 3.63) is 17.8 Å². The summed E-state index contributed by atoms with van der Waals surface area (Å²) in [5, 5.41) is 1.98. The number of methoxy groups -OCH3 is 1. The molecule has 0 bridgehead atoms. The predicted octanol–water partition coefficient (Wildman–Crippen LogP) is 2.26. The summed E-state index contributed by atoms with van der Waals surface area (Å²) in [4.78, 5) is 10.5. The van der Waals surface area contributed by atoms with Crippen molar-refractivity contribution < 1.29 is 9.13 Å². The van der Waals surface area contributed by atoms with Crippen LogP contribution in [0.25, 0.3) is 10.2 Å². The zero-order valence-corrected chi connectivity index (χ0v) is 10.9. The normalized spacial score (nSPS) is 24.0. The molecule has 96 valence electrons. The molecule has 0 aromatic carbocycles. The number of hydrogen-bond donors (Lipinski definition) is 0. The summed E-state index contributed by atoms with van der Waals surface area (Å²) in [6, 6.07) is 1.96. The van der Waals surface area contributed by atoms with Crippen LogP contribution in [0.3, 0.4) is 0 Å². The van der Waals surface area contributed by atoms with Crippen LogP contribution in [-0.2, 0) is 4.74 Å². The first kappa shape index (κ1) is 11.8. The number of ether oxygens (including phenoxy) is 1. The molecule has 0 radical (unpaired) electrons. The molecule has 0 saturated carbocycles. The molecule has 1 fully saturated rings. The minimum Gasteiger partial charge on any atom is -0.381 e. The lowest BCUT2D eigenvalue weighted by molar-refractivity contribution is 0.0571. The molecule has 6 heteroatoms. The number of fused-ring (bicyclic) bond motifs is 1. The van der Waals surface area contributed by atoms with Gasteiger partial charge in [0.15, 0.2) is 5.67 Å². The Labute approximate surface area is 108 Å². The van der Waals surface area contributed by atoms with Crippen molar-refractivity contribution in [3.8, 4) is 0 Å². The number of anilines is 1. The highest BCUT2D eigenvalue weighted by atomic mass is 32.1. The molecule has 2 aromatic heterocycles. The number of rotatable bonds is 3. The third-order valence-electron chi connectivity index (χ3n) is 3.23. The molecule has 0 spiro atoms. The maximum Gasteiger partial charge on any atom is 0.153 e. The van der Waals surface area contributed by atoms with Crippen molar-refractivity contribution in [1.82, 2.24) is 9.97 Å². The van der Waals surface area contributed by atoms with Crippen LogP contribution < -0.4 is 4.90 Å². The van der Waals surface area contributed by atoms with Gasteiger partial charge in [-0.2, -0.15) is 0 Å². The highest BCUT2D eigenvalue weighted by molar-refractivity contribution is 7.17. The van der Waals surface area contributed by atoms with Gasteiger partial charge in [-0.05, 0) is 11.4 Å². The van der Waals surface area contributed by atoms with E-state index in [9.17, 15) is 4.39 Å². The standard InChI is InChI=1S/C12H14FN3OS/c1-17-7-12(13)3-4-16(6-12)11-10-9(2-5-18-10)14-8-15-11/h2,5,8H,3-4,6-7H2,1H3. The number of halogens is 1. The molecule has 1 atom stereocenters. The first-order valence-electron chi connectivity index (χ1n) is 5.83. The van der Waals surface area contributed by atoms with Gasteiger partial charge >= 0.3 is 0 Å². The zero-order chi connectivity index (χ0) is 12.6. The quantitative estimate of drug-likeness (QED) is 0.855. The first-order chi connectivity index (χ1) is 8.72. The van der Waals surface area contributed by atoms with Crippen molar-refractivity contribution in [2.75, 3.05) is 31.7 Å². The van der Waals surface area contributed by atoms with Crippen LogP contribution in [0, 0.1) is 0 Å². The second-order valence-corrected chi connectivity index (χ2v) is 5.50. The molecule has 0 amide bonds. The molecule has 1 saturated heterocycles. The maximum absolute atomic E-state index is 14.4. The Hall–Kier alpha value is -1.27. The molecular weight excluding hydrogens is 253 g/mol. The van der Waals surface area contributed by atoms with Crippen molar-refractivity contribution in [3.63, 3.8) is 0 Å². The Morgan fingerprint density at radius 2 is 2.44 bits per heavy atom. The van der Waals surface area contributed by atoms with E-state index in [1.165, 1.54) is 7.11 Å². The van der Waals surface area contributed by atoms with E-state index in [0.717, 1.165) is 16.0 Å². The first-order valence-corrected chi connectivity index (χ1v) is 6.71. The SMILES string of the molecule is COCC1(F)CCN(c2ncnc3ccsc23)C1. The predicted molar refractivity (Wildman–Crippen MR) is 70.0 cm³/mol. The van der Waals surface area contributed by atoms with Crippen LogP contribution in [0.2, 0.25) is 0 Å². The van der Waals surface area contributed by atoms with Gasteiger partial charge in [-0.25, -0.2) is 14.4 Å². The smallest absolute Gasteiger partial charge is 0.153 e. The van der Waals surface area contributed by atoms with Crippen LogP contribution in [0.5, 0.6) is 0 Å². The van der Waals surface area contributed by atoms with Gasteiger partial charge in [-0.15, -0.1) is 11.3 Å². The molecule has 0 aliphatic carbocycles. The molecule has 1 unspecified atom stereocenters. The zero-order valence-electron chi connectivity index (χ0n) is 10.1. The largest absolute Gasteiger partial charge is 0.381 e. The topological polar surface area (TPSA) is 38.2 Å². The molecule has 2 aromatic rings. The van der Waals surface area contributed by atoms with Crippen LogP contribution >= 0.6 is 11.3 Å². The lowest BCUT2D eigenvalue weighted by atomic mass is 10.1. The fourth-order valence-electron chi connectivity index (χ4n) is 2.39. The van der Waals surface area contributed by atoms with Crippen LogP contribution in [0.4, 0.5) is 10.2 Å². The second kappa shape index (κ2) is 4.44. The lowest BCUT2D eigenvalue weighted by Gasteiger charge is -2.21. The number of hydrogen-bond acceptors (Lipinski definition) is 5. The van der Waals surface area contributed by atoms with E-state index in [0.29, 0.717) is 19.5 Å². The van der Waals surface area contributed by atoms with E-state index in [4.69, 9.17) is 4.74 Å². The van der Waals surface area contributed by atoms with Crippen molar-refractivity contribution in [2.24, 2.45) is 0 Å². The number of thiophene rings is 1. The molecule has 1 aliphatic rings. The Balaban J connectivity index is 1.90. The summed E-state index contributed by atoms with van der Waals surface area (Å²) in [5.74, 6) is 0.839. The summed E-state index contributed by atoms with van der Waals surface area (Å²) in [6.07, 6.45) is 2.02. The summed E-state index contributed by atoms with van der Waals surface area (Å²) in [7, 11) is 1.53. The molecule has 0 N–H and O–H groups in total. The van der Waals surface area contributed by atoms with Gasteiger partial charge in [0.2, 0.25) is 0 Å². The van der Waals surface area contributed by atoms with Crippen molar-refractivity contribution in [2.45, 2.75) is 12.1 Å². The average molecular weight is 267 g/mol. The van der Waals surface area contributed by atoms with Crippen molar-refractivity contribution >= 4 is 27.4 Å². The highest BCUT2D eigenvalue weighted by Crippen LogP contribution is 2.34. The van der Waals surface area contributed by atoms with Gasteiger partial charge < -0.3 is 9.64 Å². The number of nitrogens with zero attached hydrogens (tertiary/aromatic N) is 3. The van der Waals surface area contributed by atoms with E-state index < -0.39 is 5.67 Å². The van der Waals surface area contributed by atoms with Crippen LogP contribution in [0.1, 0.15) is 6.42 Å². The third kappa shape index (κ3) is 1.95. The number of aromatic nitrogens is 2. The molecule has 3 heterocycles. The van der Waals surface area contributed by atoms with E-state index in [1.54, 1.807) is 17.7 Å². The Morgan fingerprint density at radius 3 is 3.28 bits per heavy atom. The van der Waals surface area contributed by atoms with Crippen LogP contribution in [0.15, 0.2) is 17.8 Å². The van der Waals surface area contributed by atoms with Gasteiger partial charge in [0, 0.05) is 20.1 Å². The monoisotopic (exact) mass is 267 g/mol. The van der Waals surface area contributed by atoms with Crippen molar-refractivity contribution in [1.29, 1.82) is 0 Å². The molecular formula is C12H14FN3OS.